The first-order chi connectivity index (χ1) is 6.85. The molecule has 0 unspecified atom stereocenters. The fraction of sp³-hybridized carbons (Fsp3) is 0.125. The van der Waals surface area contributed by atoms with Gasteiger partial charge < -0.3 is 5.32 Å². The van der Waals surface area contributed by atoms with Crippen molar-refractivity contribution in [3.8, 4) is 0 Å². The first-order valence-electron chi connectivity index (χ1n) is 3.97. The highest BCUT2D eigenvalue weighted by Crippen LogP contribution is 2.23. The summed E-state index contributed by atoms with van der Waals surface area (Å²) in [6.45, 7) is 0. The number of nitrogens with zero attached hydrogens (tertiary/aromatic N) is 3. The fourth-order valence-electron chi connectivity index (χ4n) is 1.17. The number of rotatable bonds is 2. The van der Waals surface area contributed by atoms with E-state index in [2.05, 4.69) is 31.9 Å². The number of anilines is 1. The molecule has 0 fully saturated rings. The molecule has 0 radical (unpaired) electrons. The molecule has 0 aliphatic heterocycles. The van der Waals surface area contributed by atoms with Gasteiger partial charge in [0, 0.05) is 13.2 Å². The predicted octanol–water partition coefficient (Wildman–Crippen LogP) is 2.00. The molecule has 0 aliphatic carbocycles. The topological polar surface area (TPSA) is 50.7 Å². The molecule has 72 valence electrons. The first-order valence-corrected chi connectivity index (χ1v) is 5.84. The van der Waals surface area contributed by atoms with Crippen molar-refractivity contribution in [3.63, 3.8) is 0 Å². The highest BCUT2D eigenvalue weighted by molar-refractivity contribution is 8.68. The molecule has 6 heteroatoms. The number of nitrogens with one attached hydrogen (secondary N) is 1. The number of pyridine rings is 1. The van der Waals surface area contributed by atoms with Crippen LogP contribution >= 0.6 is 22.5 Å². The molecule has 0 aliphatic rings. The van der Waals surface area contributed by atoms with E-state index in [-0.39, 0.29) is 0 Å². The Kier molecular flexibility index (Phi) is 2.74. The van der Waals surface area contributed by atoms with E-state index in [1.165, 1.54) is 10.8 Å². The Balaban J connectivity index is 2.73. The van der Waals surface area contributed by atoms with Crippen LogP contribution in [0.5, 0.6) is 0 Å². The van der Waals surface area contributed by atoms with Crippen LogP contribution in [0.4, 0.5) is 5.82 Å². The molecule has 2 heterocycles. The smallest absolute Gasteiger partial charge is 0.202 e. The Morgan fingerprint density at radius 3 is 3.00 bits per heavy atom. The standard InChI is InChI=1S/C8H8N4S2/c1-9-6-5-3-2-4-10-7(5)12-8(11-6)14-13/h2-4,13H,1H3,(H,9,10,11,12). The summed E-state index contributed by atoms with van der Waals surface area (Å²) in [5.41, 5.74) is 0.684. The maximum Gasteiger partial charge on any atom is 0.202 e. The average molecular weight is 224 g/mol. The number of fused-ring (bicyclic) bond motifs is 1. The van der Waals surface area contributed by atoms with Crippen LogP contribution in [0, 0.1) is 0 Å². The lowest BCUT2D eigenvalue weighted by atomic mass is 10.3. The zero-order chi connectivity index (χ0) is 9.97. The molecule has 2 rings (SSSR count). The minimum atomic E-state index is 0.601. The summed E-state index contributed by atoms with van der Waals surface area (Å²) >= 11 is 4.06. The zero-order valence-electron chi connectivity index (χ0n) is 7.43. The van der Waals surface area contributed by atoms with Crippen molar-refractivity contribution in [2.75, 3.05) is 12.4 Å². The van der Waals surface area contributed by atoms with E-state index < -0.39 is 0 Å². The fourth-order valence-corrected chi connectivity index (χ4v) is 1.68. The van der Waals surface area contributed by atoms with Gasteiger partial charge in [0.05, 0.1) is 5.39 Å². The summed E-state index contributed by atoms with van der Waals surface area (Å²) in [4.78, 5) is 12.6. The van der Waals surface area contributed by atoms with Gasteiger partial charge in [-0.25, -0.2) is 15.0 Å². The van der Waals surface area contributed by atoms with Gasteiger partial charge >= 0.3 is 0 Å². The summed E-state index contributed by atoms with van der Waals surface area (Å²) in [6, 6.07) is 3.79. The second kappa shape index (κ2) is 4.02. The third kappa shape index (κ3) is 1.62. The van der Waals surface area contributed by atoms with Crippen molar-refractivity contribution in [2.45, 2.75) is 5.16 Å². The maximum absolute atomic E-state index is 4.26. The van der Waals surface area contributed by atoms with Gasteiger partial charge in [-0.05, 0) is 22.9 Å². The summed E-state index contributed by atoms with van der Waals surface area (Å²) in [5.74, 6) is 0.777. The Morgan fingerprint density at radius 1 is 1.43 bits per heavy atom. The zero-order valence-corrected chi connectivity index (χ0v) is 9.14. The largest absolute Gasteiger partial charge is 0.372 e. The van der Waals surface area contributed by atoms with Crippen molar-refractivity contribution in [3.05, 3.63) is 18.3 Å². The first kappa shape index (κ1) is 9.54. The second-order valence-electron chi connectivity index (χ2n) is 2.57. The molecule has 0 bridgehead atoms. The third-order valence-corrected chi connectivity index (χ3v) is 2.61. The molecule has 0 amide bonds. The normalized spacial score (nSPS) is 10.4. The van der Waals surface area contributed by atoms with Crippen LogP contribution in [0.25, 0.3) is 11.0 Å². The van der Waals surface area contributed by atoms with E-state index in [1.807, 2.05) is 19.2 Å². The van der Waals surface area contributed by atoms with Crippen LogP contribution in [0.3, 0.4) is 0 Å². The second-order valence-corrected chi connectivity index (χ2v) is 3.67. The SMILES string of the molecule is CNc1nc(SS)nc2ncccc12. The van der Waals surface area contributed by atoms with Crippen molar-refractivity contribution in [1.29, 1.82) is 0 Å². The lowest BCUT2D eigenvalue weighted by Crippen LogP contribution is -1.98. The summed E-state index contributed by atoms with van der Waals surface area (Å²) in [5, 5.41) is 4.52. The van der Waals surface area contributed by atoms with Gasteiger partial charge in [-0.2, -0.15) is 0 Å². The third-order valence-electron chi connectivity index (χ3n) is 1.77. The average Bonchev–Trinajstić information content (AvgIpc) is 2.27. The Bertz CT molecular complexity index is 460. The molecule has 4 nitrogen and oxygen atoms in total. The summed E-state index contributed by atoms with van der Waals surface area (Å²) in [7, 11) is 3.03. The van der Waals surface area contributed by atoms with Crippen molar-refractivity contribution in [1.82, 2.24) is 15.0 Å². The molecular formula is C8H8N4S2. The number of thiol groups is 1. The molecule has 0 atom stereocenters. The van der Waals surface area contributed by atoms with Crippen molar-refractivity contribution >= 4 is 39.3 Å². The van der Waals surface area contributed by atoms with Gasteiger partial charge in [0.1, 0.15) is 5.82 Å². The van der Waals surface area contributed by atoms with Gasteiger partial charge in [0.25, 0.3) is 0 Å². The van der Waals surface area contributed by atoms with Crippen LogP contribution in [0.1, 0.15) is 0 Å². The minimum Gasteiger partial charge on any atom is -0.372 e. The van der Waals surface area contributed by atoms with E-state index >= 15 is 0 Å². The van der Waals surface area contributed by atoms with Crippen molar-refractivity contribution in [2.24, 2.45) is 0 Å². The number of aromatic nitrogens is 3. The maximum atomic E-state index is 4.26. The molecule has 2 aromatic rings. The van der Waals surface area contributed by atoms with Crippen LogP contribution in [0.15, 0.2) is 23.5 Å². The van der Waals surface area contributed by atoms with Gasteiger partial charge in [0.2, 0.25) is 5.16 Å². The molecule has 1 N–H and O–H groups in total. The lowest BCUT2D eigenvalue weighted by molar-refractivity contribution is 0.996. The van der Waals surface area contributed by atoms with E-state index in [9.17, 15) is 0 Å². The van der Waals surface area contributed by atoms with E-state index in [0.29, 0.717) is 10.8 Å². The summed E-state index contributed by atoms with van der Waals surface area (Å²) in [6.07, 6.45) is 1.71. The predicted molar refractivity (Wildman–Crippen MR) is 61.7 cm³/mol. The number of hydrogen-bond acceptors (Lipinski definition) is 6. The van der Waals surface area contributed by atoms with E-state index in [4.69, 9.17) is 0 Å². The minimum absolute atomic E-state index is 0.601. The quantitative estimate of drug-likeness (QED) is 0.464. The van der Waals surface area contributed by atoms with Crippen LogP contribution in [-0.2, 0) is 0 Å². The van der Waals surface area contributed by atoms with E-state index in [0.717, 1.165) is 11.2 Å². The Morgan fingerprint density at radius 2 is 2.29 bits per heavy atom. The number of hydrogen-bond donors (Lipinski definition) is 2. The summed E-state index contributed by atoms with van der Waals surface area (Å²) < 4.78 is 0. The Hall–Kier alpha value is -1.01. The van der Waals surface area contributed by atoms with Gasteiger partial charge in [-0.15, -0.1) is 11.7 Å². The molecule has 0 saturated heterocycles. The molecule has 2 aromatic heterocycles. The molecule has 14 heavy (non-hydrogen) atoms. The van der Waals surface area contributed by atoms with Crippen LogP contribution in [-0.4, -0.2) is 22.0 Å². The molecule has 0 spiro atoms. The Labute approximate surface area is 90.4 Å². The van der Waals surface area contributed by atoms with Gasteiger partial charge in [0.15, 0.2) is 5.65 Å². The molecular weight excluding hydrogens is 216 g/mol. The molecule has 0 saturated carbocycles. The van der Waals surface area contributed by atoms with Crippen molar-refractivity contribution < 1.29 is 0 Å². The monoisotopic (exact) mass is 224 g/mol. The van der Waals surface area contributed by atoms with E-state index in [1.54, 1.807) is 6.20 Å². The van der Waals surface area contributed by atoms with Gasteiger partial charge in [-0.1, -0.05) is 0 Å². The lowest BCUT2D eigenvalue weighted by Gasteiger charge is -2.04. The highest BCUT2D eigenvalue weighted by Gasteiger charge is 2.05. The molecule has 0 aromatic carbocycles. The van der Waals surface area contributed by atoms with Gasteiger partial charge in [-0.3, -0.25) is 0 Å². The van der Waals surface area contributed by atoms with Crippen LogP contribution < -0.4 is 5.32 Å². The highest BCUT2D eigenvalue weighted by atomic mass is 33.1. The van der Waals surface area contributed by atoms with Crippen LogP contribution in [0.2, 0.25) is 0 Å².